The summed E-state index contributed by atoms with van der Waals surface area (Å²) in [6, 6.07) is 5.97. The minimum Gasteiger partial charge on any atom is -0.338 e. The second-order valence-corrected chi connectivity index (χ2v) is 5.01. The Balaban J connectivity index is 1.84. The molecule has 1 aromatic rings. The van der Waals surface area contributed by atoms with Crippen molar-refractivity contribution >= 4 is 17.4 Å². The van der Waals surface area contributed by atoms with Gasteiger partial charge in [-0.05, 0) is 29.9 Å². The standard InChI is InChI=1S/C15H12N2O5/c18-13-5-7-15(8-6-13)16(14(19)10-22-15)9-11-1-3-12(4-2-11)17(20)21/h1-8H,9-10H2. The summed E-state index contributed by atoms with van der Waals surface area (Å²) in [6.07, 6.45) is 5.82. The van der Waals surface area contributed by atoms with E-state index < -0.39 is 10.6 Å². The molecule has 0 saturated carbocycles. The number of carbonyl (C=O) groups is 2. The number of amides is 1. The van der Waals surface area contributed by atoms with Crippen LogP contribution in [0.1, 0.15) is 5.56 Å². The van der Waals surface area contributed by atoms with Crippen LogP contribution in [0.5, 0.6) is 0 Å². The van der Waals surface area contributed by atoms with E-state index in [0.29, 0.717) is 0 Å². The van der Waals surface area contributed by atoms with Gasteiger partial charge >= 0.3 is 0 Å². The fourth-order valence-electron chi connectivity index (χ4n) is 2.44. The topological polar surface area (TPSA) is 89.8 Å². The number of hydrogen-bond donors (Lipinski definition) is 0. The van der Waals surface area contributed by atoms with Gasteiger partial charge in [-0.25, -0.2) is 0 Å². The third-order valence-electron chi connectivity index (χ3n) is 3.61. The highest BCUT2D eigenvalue weighted by molar-refractivity contribution is 6.01. The maximum absolute atomic E-state index is 12.0. The number of benzene rings is 1. The van der Waals surface area contributed by atoms with E-state index >= 15 is 0 Å². The van der Waals surface area contributed by atoms with Gasteiger partial charge in [-0.1, -0.05) is 12.1 Å². The van der Waals surface area contributed by atoms with Crippen LogP contribution in [0.15, 0.2) is 48.6 Å². The van der Waals surface area contributed by atoms with Crippen molar-refractivity contribution in [2.75, 3.05) is 6.61 Å². The Labute approximate surface area is 125 Å². The predicted molar refractivity (Wildman–Crippen MR) is 75.6 cm³/mol. The van der Waals surface area contributed by atoms with Crippen LogP contribution in [0, 0.1) is 10.1 Å². The molecule has 0 bridgehead atoms. The number of ether oxygens (including phenoxy) is 1. The molecule has 7 heteroatoms. The zero-order valence-corrected chi connectivity index (χ0v) is 11.5. The van der Waals surface area contributed by atoms with Crippen molar-refractivity contribution < 1.29 is 19.2 Å². The summed E-state index contributed by atoms with van der Waals surface area (Å²) in [4.78, 5) is 35.0. The summed E-state index contributed by atoms with van der Waals surface area (Å²) in [5.41, 5.74) is -0.319. The molecule has 1 amide bonds. The second-order valence-electron chi connectivity index (χ2n) is 5.01. The van der Waals surface area contributed by atoms with Crippen LogP contribution < -0.4 is 0 Å². The third kappa shape index (κ3) is 2.42. The number of carbonyl (C=O) groups excluding carboxylic acids is 2. The molecule has 2 aliphatic rings. The number of allylic oxidation sites excluding steroid dienone is 2. The molecule has 0 radical (unpaired) electrons. The lowest BCUT2D eigenvalue weighted by Gasteiger charge is -2.32. The molecule has 1 spiro atoms. The Morgan fingerprint density at radius 1 is 1.18 bits per heavy atom. The van der Waals surface area contributed by atoms with Crippen molar-refractivity contribution in [2.24, 2.45) is 0 Å². The van der Waals surface area contributed by atoms with Gasteiger partial charge in [0.25, 0.3) is 11.6 Å². The van der Waals surface area contributed by atoms with E-state index in [1.54, 1.807) is 24.3 Å². The van der Waals surface area contributed by atoms with E-state index in [2.05, 4.69) is 0 Å². The van der Waals surface area contributed by atoms with Crippen LogP contribution in [0.25, 0.3) is 0 Å². The van der Waals surface area contributed by atoms with Gasteiger partial charge in [-0.2, -0.15) is 0 Å². The normalized spacial score (nSPS) is 19.2. The first kappa shape index (κ1) is 14.2. The highest BCUT2D eigenvalue weighted by Gasteiger charge is 2.44. The average Bonchev–Trinajstić information content (AvgIpc) is 2.81. The van der Waals surface area contributed by atoms with Crippen molar-refractivity contribution in [1.29, 1.82) is 0 Å². The van der Waals surface area contributed by atoms with Gasteiger partial charge in [-0.3, -0.25) is 19.7 Å². The number of rotatable bonds is 3. The number of ketones is 1. The highest BCUT2D eigenvalue weighted by Crippen LogP contribution is 2.31. The van der Waals surface area contributed by atoms with Crippen LogP contribution in [0.4, 0.5) is 5.69 Å². The van der Waals surface area contributed by atoms with E-state index in [1.807, 2.05) is 0 Å². The summed E-state index contributed by atoms with van der Waals surface area (Å²) in [5.74, 6) is -0.370. The molecule has 0 N–H and O–H groups in total. The Bertz CT molecular complexity index is 689. The molecule has 0 aromatic heterocycles. The summed E-state index contributed by atoms with van der Waals surface area (Å²) < 4.78 is 5.53. The summed E-state index contributed by atoms with van der Waals surface area (Å²) in [5, 5.41) is 10.7. The van der Waals surface area contributed by atoms with Crippen molar-refractivity contribution in [3.8, 4) is 0 Å². The SMILES string of the molecule is O=C1C=CC2(C=C1)OCC(=O)N2Cc1ccc([N+](=O)[O-])cc1. The van der Waals surface area contributed by atoms with E-state index in [0.717, 1.165) is 5.56 Å². The van der Waals surface area contributed by atoms with E-state index in [-0.39, 0.29) is 30.5 Å². The average molecular weight is 300 g/mol. The zero-order chi connectivity index (χ0) is 15.7. The molecule has 1 heterocycles. The van der Waals surface area contributed by atoms with Crippen molar-refractivity contribution in [2.45, 2.75) is 12.3 Å². The van der Waals surface area contributed by atoms with E-state index in [1.165, 1.54) is 29.2 Å². The lowest BCUT2D eigenvalue weighted by molar-refractivity contribution is -0.384. The summed E-state index contributed by atoms with van der Waals surface area (Å²) in [6.45, 7) is 0.162. The van der Waals surface area contributed by atoms with Gasteiger partial charge in [0.1, 0.15) is 6.61 Å². The maximum atomic E-state index is 12.0. The quantitative estimate of drug-likeness (QED) is 0.621. The maximum Gasteiger partial charge on any atom is 0.269 e. The minimum absolute atomic E-state index is 0.00878. The molecule has 1 saturated heterocycles. The smallest absolute Gasteiger partial charge is 0.269 e. The molecule has 112 valence electrons. The largest absolute Gasteiger partial charge is 0.338 e. The minimum atomic E-state index is -1.05. The number of nitrogens with zero attached hydrogens (tertiary/aromatic N) is 2. The molecule has 1 fully saturated rings. The Morgan fingerprint density at radius 3 is 2.41 bits per heavy atom. The lowest BCUT2D eigenvalue weighted by Crippen LogP contribution is -2.44. The summed E-state index contributed by atoms with van der Waals surface area (Å²) >= 11 is 0. The predicted octanol–water partition coefficient (Wildman–Crippen LogP) is 1.34. The van der Waals surface area contributed by atoms with Gasteiger partial charge in [0, 0.05) is 18.7 Å². The van der Waals surface area contributed by atoms with Gasteiger partial charge in [0.2, 0.25) is 0 Å². The van der Waals surface area contributed by atoms with Crippen molar-refractivity contribution in [3.05, 3.63) is 64.2 Å². The first-order valence-corrected chi connectivity index (χ1v) is 6.60. The number of nitro groups is 1. The molecule has 1 aliphatic heterocycles. The first-order chi connectivity index (χ1) is 10.5. The third-order valence-corrected chi connectivity index (χ3v) is 3.61. The zero-order valence-electron chi connectivity index (χ0n) is 11.5. The van der Waals surface area contributed by atoms with Crippen molar-refractivity contribution in [1.82, 2.24) is 4.90 Å². The Morgan fingerprint density at radius 2 is 1.82 bits per heavy atom. The fourth-order valence-corrected chi connectivity index (χ4v) is 2.44. The van der Waals surface area contributed by atoms with E-state index in [9.17, 15) is 19.7 Å². The van der Waals surface area contributed by atoms with Gasteiger partial charge in [0.15, 0.2) is 11.5 Å². The molecule has 0 unspecified atom stereocenters. The van der Waals surface area contributed by atoms with Crippen LogP contribution >= 0.6 is 0 Å². The Kier molecular flexibility index (Phi) is 3.34. The highest BCUT2D eigenvalue weighted by atomic mass is 16.6. The molecule has 1 aliphatic carbocycles. The fraction of sp³-hybridized carbons (Fsp3) is 0.200. The van der Waals surface area contributed by atoms with Gasteiger partial charge < -0.3 is 9.64 Å². The molecule has 0 atom stereocenters. The second kappa shape index (κ2) is 5.19. The van der Waals surface area contributed by atoms with Crippen LogP contribution in [0.3, 0.4) is 0 Å². The van der Waals surface area contributed by atoms with Gasteiger partial charge in [0.05, 0.1) is 4.92 Å². The molecular formula is C15H12N2O5. The number of nitro benzene ring substituents is 1. The molecule has 7 nitrogen and oxygen atoms in total. The molecule has 22 heavy (non-hydrogen) atoms. The number of hydrogen-bond acceptors (Lipinski definition) is 5. The Hall–Kier alpha value is -2.80. The van der Waals surface area contributed by atoms with Crippen LogP contribution in [-0.4, -0.2) is 33.8 Å². The first-order valence-electron chi connectivity index (χ1n) is 6.60. The lowest BCUT2D eigenvalue weighted by atomic mass is 10.0. The van der Waals surface area contributed by atoms with Crippen molar-refractivity contribution in [3.63, 3.8) is 0 Å². The molecular weight excluding hydrogens is 288 g/mol. The number of non-ortho nitro benzene ring substituents is 1. The summed E-state index contributed by atoms with van der Waals surface area (Å²) in [7, 11) is 0. The van der Waals surface area contributed by atoms with E-state index in [4.69, 9.17) is 4.74 Å². The molecule has 3 rings (SSSR count). The molecule has 1 aromatic carbocycles. The monoisotopic (exact) mass is 300 g/mol. The van der Waals surface area contributed by atoms with Crippen LogP contribution in [0.2, 0.25) is 0 Å². The van der Waals surface area contributed by atoms with Gasteiger partial charge in [-0.15, -0.1) is 0 Å². The van der Waals surface area contributed by atoms with Crippen LogP contribution in [-0.2, 0) is 20.9 Å².